The number of rotatable bonds is 8. The van der Waals surface area contributed by atoms with Crippen molar-refractivity contribution in [3.8, 4) is 0 Å². The predicted octanol–water partition coefficient (Wildman–Crippen LogP) is 1.53. The molecule has 6 heteroatoms. The van der Waals surface area contributed by atoms with Crippen LogP contribution in [0.1, 0.15) is 31.5 Å². The third kappa shape index (κ3) is 4.12. The topological polar surface area (TPSA) is 82.3 Å². The largest absolute Gasteiger partial charge is 0.481 e. The third-order valence-electron chi connectivity index (χ3n) is 2.67. The SMILES string of the molecule is CCCN(CCC(=O)O)C(C(N)=S)c1ccc[nH]1. The highest BCUT2D eigenvalue weighted by Gasteiger charge is 2.23. The molecule has 18 heavy (non-hydrogen) atoms. The van der Waals surface area contributed by atoms with Gasteiger partial charge in [0.05, 0.1) is 11.4 Å². The second kappa shape index (κ2) is 7.13. The summed E-state index contributed by atoms with van der Waals surface area (Å²) in [6.45, 7) is 3.23. The molecule has 4 N–H and O–H groups in total. The van der Waals surface area contributed by atoms with E-state index in [1.807, 2.05) is 30.2 Å². The first kappa shape index (κ1) is 14.7. The molecule has 1 unspecified atom stereocenters. The second-order valence-electron chi connectivity index (χ2n) is 4.11. The van der Waals surface area contributed by atoms with Crippen molar-refractivity contribution in [1.29, 1.82) is 0 Å². The van der Waals surface area contributed by atoms with Gasteiger partial charge in [0.25, 0.3) is 0 Å². The van der Waals surface area contributed by atoms with E-state index in [1.165, 1.54) is 0 Å². The summed E-state index contributed by atoms with van der Waals surface area (Å²) in [5.74, 6) is -0.815. The average molecular weight is 269 g/mol. The lowest BCUT2D eigenvalue weighted by atomic mass is 10.1. The van der Waals surface area contributed by atoms with Gasteiger partial charge < -0.3 is 15.8 Å². The van der Waals surface area contributed by atoms with Gasteiger partial charge in [-0.1, -0.05) is 19.1 Å². The summed E-state index contributed by atoms with van der Waals surface area (Å²) in [6.07, 6.45) is 2.81. The fraction of sp³-hybridized carbons (Fsp3) is 0.500. The van der Waals surface area contributed by atoms with Crippen LogP contribution in [0.15, 0.2) is 18.3 Å². The zero-order chi connectivity index (χ0) is 13.5. The number of carboxylic acid groups (broad SMARTS) is 1. The summed E-state index contributed by atoms with van der Waals surface area (Å²) in [5, 5.41) is 8.78. The Morgan fingerprint density at radius 2 is 2.33 bits per heavy atom. The first-order valence-electron chi connectivity index (χ1n) is 5.94. The van der Waals surface area contributed by atoms with Crippen LogP contribution >= 0.6 is 12.2 Å². The van der Waals surface area contributed by atoms with Crippen molar-refractivity contribution in [2.45, 2.75) is 25.8 Å². The number of hydrogen-bond acceptors (Lipinski definition) is 3. The number of carboxylic acids is 1. The van der Waals surface area contributed by atoms with E-state index in [9.17, 15) is 4.79 Å². The number of H-pyrrole nitrogens is 1. The van der Waals surface area contributed by atoms with Gasteiger partial charge in [-0.05, 0) is 25.1 Å². The molecule has 0 saturated heterocycles. The van der Waals surface area contributed by atoms with Gasteiger partial charge in [-0.2, -0.15) is 0 Å². The van der Waals surface area contributed by atoms with Crippen LogP contribution < -0.4 is 5.73 Å². The average Bonchev–Trinajstić information content (AvgIpc) is 2.79. The summed E-state index contributed by atoms with van der Waals surface area (Å²) in [5.41, 5.74) is 6.69. The number of nitrogens with two attached hydrogens (primary N) is 1. The molecule has 0 spiro atoms. The number of nitrogens with zero attached hydrogens (tertiary/aromatic N) is 1. The predicted molar refractivity (Wildman–Crippen MR) is 74.4 cm³/mol. The fourth-order valence-electron chi connectivity index (χ4n) is 1.94. The molecule has 1 aromatic heterocycles. The number of aliphatic carboxylic acids is 1. The quantitative estimate of drug-likeness (QED) is 0.623. The zero-order valence-corrected chi connectivity index (χ0v) is 11.2. The fourth-order valence-corrected chi connectivity index (χ4v) is 2.22. The van der Waals surface area contributed by atoms with E-state index in [2.05, 4.69) is 4.98 Å². The summed E-state index contributed by atoms with van der Waals surface area (Å²) in [6, 6.07) is 3.56. The number of aromatic amines is 1. The molecule has 0 amide bonds. The zero-order valence-electron chi connectivity index (χ0n) is 10.4. The van der Waals surface area contributed by atoms with Crippen molar-refractivity contribution in [2.24, 2.45) is 5.73 Å². The van der Waals surface area contributed by atoms with Crippen LogP contribution in [0.3, 0.4) is 0 Å². The van der Waals surface area contributed by atoms with E-state index < -0.39 is 5.97 Å². The third-order valence-corrected chi connectivity index (χ3v) is 2.90. The maximum atomic E-state index is 10.7. The number of aromatic nitrogens is 1. The molecule has 0 aliphatic heterocycles. The van der Waals surface area contributed by atoms with E-state index in [1.54, 1.807) is 0 Å². The van der Waals surface area contributed by atoms with Crippen LogP contribution in [-0.4, -0.2) is 39.0 Å². The molecule has 0 fully saturated rings. The molecular formula is C12H19N3O2S. The lowest BCUT2D eigenvalue weighted by molar-refractivity contribution is -0.137. The minimum absolute atomic E-state index is 0.0832. The second-order valence-corrected chi connectivity index (χ2v) is 4.58. The normalized spacial score (nSPS) is 12.6. The summed E-state index contributed by atoms with van der Waals surface area (Å²) >= 11 is 5.10. The van der Waals surface area contributed by atoms with Crippen LogP contribution in [0, 0.1) is 0 Å². The molecule has 1 atom stereocenters. The van der Waals surface area contributed by atoms with E-state index in [4.69, 9.17) is 23.1 Å². The molecule has 5 nitrogen and oxygen atoms in total. The van der Waals surface area contributed by atoms with Gasteiger partial charge in [0, 0.05) is 18.4 Å². The van der Waals surface area contributed by atoms with Gasteiger partial charge in [0.15, 0.2) is 0 Å². The molecule has 0 saturated carbocycles. The Balaban J connectivity index is 2.84. The van der Waals surface area contributed by atoms with Gasteiger partial charge in [-0.15, -0.1) is 0 Å². The Morgan fingerprint density at radius 3 is 2.78 bits per heavy atom. The number of nitrogens with one attached hydrogen (secondary N) is 1. The standard InChI is InChI=1S/C12H19N3O2S/c1-2-7-15(8-5-10(16)17)11(12(13)18)9-4-3-6-14-9/h3-4,6,11,14H,2,5,7-8H2,1H3,(H2,13,18)(H,16,17). The molecule has 100 valence electrons. The summed E-state index contributed by atoms with van der Waals surface area (Å²) in [4.78, 5) is 16.1. The van der Waals surface area contributed by atoms with E-state index in [0.29, 0.717) is 11.5 Å². The highest BCUT2D eigenvalue weighted by Crippen LogP contribution is 2.20. The molecule has 1 aromatic rings. The monoisotopic (exact) mass is 269 g/mol. The highest BCUT2D eigenvalue weighted by molar-refractivity contribution is 7.80. The van der Waals surface area contributed by atoms with E-state index >= 15 is 0 Å². The lowest BCUT2D eigenvalue weighted by Gasteiger charge is -2.29. The van der Waals surface area contributed by atoms with Crippen LogP contribution in [0.25, 0.3) is 0 Å². The number of carbonyl (C=O) groups is 1. The van der Waals surface area contributed by atoms with Crippen LogP contribution in [0.4, 0.5) is 0 Å². The van der Waals surface area contributed by atoms with Crippen molar-refractivity contribution >= 4 is 23.2 Å². The first-order chi connectivity index (χ1) is 8.56. The molecule has 0 aromatic carbocycles. The summed E-state index contributed by atoms with van der Waals surface area (Å²) in [7, 11) is 0. The molecule has 0 aliphatic carbocycles. The minimum atomic E-state index is -0.815. The maximum absolute atomic E-state index is 10.7. The molecule has 1 heterocycles. The number of hydrogen-bond donors (Lipinski definition) is 3. The van der Waals surface area contributed by atoms with E-state index in [0.717, 1.165) is 18.7 Å². The van der Waals surface area contributed by atoms with Crippen LogP contribution in [0.5, 0.6) is 0 Å². The van der Waals surface area contributed by atoms with Crippen molar-refractivity contribution in [3.63, 3.8) is 0 Å². The minimum Gasteiger partial charge on any atom is -0.481 e. The maximum Gasteiger partial charge on any atom is 0.304 e. The molecule has 0 bridgehead atoms. The van der Waals surface area contributed by atoms with Crippen molar-refractivity contribution in [2.75, 3.05) is 13.1 Å². The van der Waals surface area contributed by atoms with Gasteiger partial charge in [0.2, 0.25) is 0 Å². The Morgan fingerprint density at radius 1 is 1.61 bits per heavy atom. The highest BCUT2D eigenvalue weighted by atomic mass is 32.1. The Kier molecular flexibility index (Phi) is 5.80. The first-order valence-corrected chi connectivity index (χ1v) is 6.35. The molecular weight excluding hydrogens is 250 g/mol. The van der Waals surface area contributed by atoms with Crippen molar-refractivity contribution < 1.29 is 9.90 Å². The Bertz CT molecular complexity index is 392. The smallest absolute Gasteiger partial charge is 0.304 e. The number of thiocarbonyl (C=S) groups is 1. The molecule has 1 rings (SSSR count). The van der Waals surface area contributed by atoms with Gasteiger partial charge >= 0.3 is 5.97 Å². The molecule has 0 radical (unpaired) electrons. The van der Waals surface area contributed by atoms with Gasteiger partial charge in [0.1, 0.15) is 6.04 Å². The lowest BCUT2D eigenvalue weighted by Crippen LogP contribution is -2.38. The Labute approximate surface area is 112 Å². The van der Waals surface area contributed by atoms with Crippen LogP contribution in [-0.2, 0) is 4.79 Å². The van der Waals surface area contributed by atoms with Crippen molar-refractivity contribution in [3.05, 3.63) is 24.0 Å². The summed E-state index contributed by atoms with van der Waals surface area (Å²) < 4.78 is 0. The molecule has 0 aliphatic rings. The van der Waals surface area contributed by atoms with Gasteiger partial charge in [-0.25, -0.2) is 0 Å². The van der Waals surface area contributed by atoms with Gasteiger partial charge in [-0.3, -0.25) is 9.69 Å². The van der Waals surface area contributed by atoms with Crippen LogP contribution in [0.2, 0.25) is 0 Å². The van der Waals surface area contributed by atoms with E-state index in [-0.39, 0.29) is 12.5 Å². The Hall–Kier alpha value is -1.40. The van der Waals surface area contributed by atoms with Crippen molar-refractivity contribution in [1.82, 2.24) is 9.88 Å².